The summed E-state index contributed by atoms with van der Waals surface area (Å²) < 4.78 is 24.2. The van der Waals surface area contributed by atoms with Crippen molar-refractivity contribution in [3.05, 3.63) is 71.8 Å². The van der Waals surface area contributed by atoms with Crippen LogP contribution in [0.4, 0.5) is 10.2 Å². The maximum absolute atomic E-state index is 14.1. The van der Waals surface area contributed by atoms with Crippen LogP contribution in [-0.2, 0) is 13.0 Å². The maximum atomic E-state index is 14.1. The number of aromatic nitrogens is 5. The zero-order chi connectivity index (χ0) is 20.8. The highest BCUT2D eigenvalue weighted by atomic mass is 19.1. The molecule has 152 valence electrons. The number of pyridine rings is 1. The van der Waals surface area contributed by atoms with E-state index in [-0.39, 0.29) is 11.6 Å². The summed E-state index contributed by atoms with van der Waals surface area (Å²) in [6.45, 7) is 4.62. The molecule has 8 heteroatoms. The normalized spacial score (nSPS) is 15.2. The van der Waals surface area contributed by atoms with Crippen molar-refractivity contribution in [3.8, 4) is 22.7 Å². The highest BCUT2D eigenvalue weighted by molar-refractivity contribution is 5.67. The molecular formula is C22H21FN6O. The van der Waals surface area contributed by atoms with Crippen LogP contribution < -0.4 is 10.5 Å². The first-order chi connectivity index (χ1) is 14.5. The number of hydrogen-bond acceptors (Lipinski definition) is 5. The molecule has 0 radical (unpaired) electrons. The van der Waals surface area contributed by atoms with Crippen LogP contribution in [-0.4, -0.2) is 24.3 Å². The average Bonchev–Trinajstić information content (AvgIpc) is 3.36. The number of fused-ring (bicyclic) bond motifs is 7. The van der Waals surface area contributed by atoms with Gasteiger partial charge in [-0.25, -0.2) is 14.4 Å². The summed E-state index contributed by atoms with van der Waals surface area (Å²) in [5, 5.41) is 4.54. The Labute approximate surface area is 173 Å². The molecule has 0 amide bonds. The molecule has 30 heavy (non-hydrogen) atoms. The number of anilines is 1. The van der Waals surface area contributed by atoms with E-state index in [4.69, 9.17) is 10.5 Å². The van der Waals surface area contributed by atoms with Gasteiger partial charge in [0.25, 0.3) is 0 Å². The summed E-state index contributed by atoms with van der Waals surface area (Å²) in [6, 6.07) is 6.55. The third kappa shape index (κ3) is 2.92. The molecule has 4 aromatic rings. The highest BCUT2D eigenvalue weighted by Crippen LogP contribution is 2.35. The monoisotopic (exact) mass is 404 g/mol. The van der Waals surface area contributed by atoms with Gasteiger partial charge in [0, 0.05) is 48.2 Å². The van der Waals surface area contributed by atoms with E-state index in [1.165, 1.54) is 12.1 Å². The molecule has 5 rings (SSSR count). The topological polar surface area (TPSA) is 83.8 Å². The third-order valence-electron chi connectivity index (χ3n) is 5.43. The third-order valence-corrected chi connectivity index (χ3v) is 5.43. The van der Waals surface area contributed by atoms with Crippen molar-refractivity contribution in [3.63, 3.8) is 0 Å². The molecule has 0 saturated heterocycles. The lowest BCUT2D eigenvalue weighted by Gasteiger charge is -2.22. The van der Waals surface area contributed by atoms with E-state index in [9.17, 15) is 4.39 Å². The quantitative estimate of drug-likeness (QED) is 0.520. The molecular weight excluding hydrogens is 383 g/mol. The van der Waals surface area contributed by atoms with Crippen molar-refractivity contribution < 1.29 is 9.13 Å². The van der Waals surface area contributed by atoms with Crippen molar-refractivity contribution >= 4 is 5.82 Å². The minimum Gasteiger partial charge on any atom is -0.482 e. The fraction of sp³-hybridized carbons (Fsp3) is 0.227. The number of hydrogen-bond donors (Lipinski definition) is 1. The summed E-state index contributed by atoms with van der Waals surface area (Å²) in [5.41, 5.74) is 10.4. The molecule has 1 atom stereocenters. The Hall–Kier alpha value is -3.68. The fourth-order valence-corrected chi connectivity index (χ4v) is 3.99. The van der Waals surface area contributed by atoms with Crippen molar-refractivity contribution in [1.82, 2.24) is 24.3 Å². The Morgan fingerprint density at radius 2 is 2.10 bits per heavy atom. The van der Waals surface area contributed by atoms with Gasteiger partial charge >= 0.3 is 0 Å². The van der Waals surface area contributed by atoms with Crippen LogP contribution >= 0.6 is 0 Å². The molecule has 1 aromatic carbocycles. The maximum Gasteiger partial charge on any atom is 0.166 e. The zero-order valence-corrected chi connectivity index (χ0v) is 16.7. The van der Waals surface area contributed by atoms with Gasteiger partial charge < -0.3 is 15.0 Å². The Morgan fingerprint density at radius 3 is 2.93 bits per heavy atom. The van der Waals surface area contributed by atoms with Crippen LogP contribution in [0, 0.1) is 5.82 Å². The second kappa shape index (κ2) is 6.98. The van der Waals surface area contributed by atoms with E-state index in [0.29, 0.717) is 24.3 Å². The smallest absolute Gasteiger partial charge is 0.166 e. The fourth-order valence-electron chi connectivity index (χ4n) is 3.99. The van der Waals surface area contributed by atoms with E-state index in [2.05, 4.69) is 15.1 Å². The van der Waals surface area contributed by atoms with Crippen molar-refractivity contribution in [1.29, 1.82) is 0 Å². The molecule has 0 fully saturated rings. The predicted octanol–water partition coefficient (Wildman–Crippen LogP) is 3.92. The number of aryl methyl sites for hydroxylation is 1. The Bertz CT molecular complexity index is 1240. The van der Waals surface area contributed by atoms with E-state index in [1.54, 1.807) is 18.5 Å². The van der Waals surface area contributed by atoms with Crippen LogP contribution in [0.25, 0.3) is 16.9 Å². The molecule has 0 spiro atoms. The van der Waals surface area contributed by atoms with Crippen molar-refractivity contribution in [2.75, 3.05) is 5.73 Å². The highest BCUT2D eigenvalue weighted by Gasteiger charge is 2.22. The van der Waals surface area contributed by atoms with Gasteiger partial charge in [-0.05, 0) is 38.1 Å². The lowest BCUT2D eigenvalue weighted by Crippen LogP contribution is -2.13. The van der Waals surface area contributed by atoms with E-state index in [0.717, 1.165) is 28.3 Å². The van der Waals surface area contributed by atoms with Gasteiger partial charge in [-0.3, -0.25) is 4.68 Å². The molecule has 2 N–H and O–H groups in total. The van der Waals surface area contributed by atoms with Crippen LogP contribution in [0.1, 0.15) is 36.9 Å². The minimum atomic E-state index is -0.458. The number of ether oxygens (including phenoxy) is 1. The first-order valence-corrected chi connectivity index (χ1v) is 9.84. The number of nitrogens with zero attached hydrogens (tertiary/aromatic N) is 5. The number of rotatable bonds is 1. The lowest BCUT2D eigenvalue weighted by molar-refractivity contribution is 0.227. The molecule has 1 unspecified atom stereocenters. The molecule has 3 aromatic heterocycles. The van der Waals surface area contributed by atoms with E-state index >= 15 is 0 Å². The number of halogens is 1. The molecule has 1 aliphatic rings. The molecule has 0 aliphatic carbocycles. The summed E-state index contributed by atoms with van der Waals surface area (Å²) in [4.78, 5) is 8.91. The number of imidazole rings is 1. The Morgan fingerprint density at radius 1 is 1.23 bits per heavy atom. The first-order valence-electron chi connectivity index (χ1n) is 9.84. The minimum absolute atomic E-state index is 0.285. The second-order valence-corrected chi connectivity index (χ2v) is 7.30. The zero-order valence-electron chi connectivity index (χ0n) is 16.7. The van der Waals surface area contributed by atoms with Crippen molar-refractivity contribution in [2.24, 2.45) is 0 Å². The van der Waals surface area contributed by atoms with Gasteiger partial charge in [0.15, 0.2) is 11.6 Å². The summed E-state index contributed by atoms with van der Waals surface area (Å²) in [7, 11) is 0. The summed E-state index contributed by atoms with van der Waals surface area (Å²) in [6.07, 6.45) is 7.31. The number of benzene rings is 1. The van der Waals surface area contributed by atoms with E-state index < -0.39 is 6.10 Å². The van der Waals surface area contributed by atoms with Crippen LogP contribution in [0.2, 0.25) is 0 Å². The standard InChI is InChI=1S/C22H21FN6O/c1-3-29-21-14-8-19(22(24)26-11-14)30-13(2)17-10-16(23)4-5-18(17)28-7-6-25-20(28)9-15(21)12-27-29/h4-8,10-13H,3,9H2,1-2H3,(H2,24,26). The van der Waals surface area contributed by atoms with Gasteiger partial charge in [0.2, 0.25) is 0 Å². The van der Waals surface area contributed by atoms with Gasteiger partial charge in [0.1, 0.15) is 17.7 Å². The average molecular weight is 404 g/mol. The summed E-state index contributed by atoms with van der Waals surface area (Å²) in [5.74, 6) is 1.24. The number of nitrogen functional groups attached to an aromatic ring is 1. The predicted molar refractivity (Wildman–Crippen MR) is 111 cm³/mol. The first kappa shape index (κ1) is 18.4. The van der Waals surface area contributed by atoms with Gasteiger partial charge in [0.05, 0.1) is 17.6 Å². The van der Waals surface area contributed by atoms with Gasteiger partial charge in [-0.1, -0.05) is 0 Å². The molecule has 2 bridgehead atoms. The van der Waals surface area contributed by atoms with Gasteiger partial charge in [-0.15, -0.1) is 0 Å². The molecule has 7 nitrogen and oxygen atoms in total. The Kier molecular flexibility index (Phi) is 4.27. The molecule has 1 aliphatic heterocycles. The SMILES string of the molecule is CCn1ncc2c1-c1cnc(N)c(c1)OC(C)c1cc(F)ccc1-n1ccnc1C2. The molecule has 4 heterocycles. The van der Waals surface area contributed by atoms with Crippen molar-refractivity contribution in [2.45, 2.75) is 32.9 Å². The van der Waals surface area contributed by atoms with Gasteiger partial charge in [-0.2, -0.15) is 5.10 Å². The van der Waals surface area contributed by atoms with E-state index in [1.807, 2.05) is 41.6 Å². The molecule has 0 saturated carbocycles. The number of nitrogens with two attached hydrogens (primary N) is 1. The second-order valence-electron chi connectivity index (χ2n) is 7.30. The largest absolute Gasteiger partial charge is 0.482 e. The summed E-state index contributed by atoms with van der Waals surface area (Å²) >= 11 is 0. The van der Waals surface area contributed by atoms with Crippen LogP contribution in [0.3, 0.4) is 0 Å². The lowest BCUT2D eigenvalue weighted by atomic mass is 10.0. The van der Waals surface area contributed by atoms with Crippen LogP contribution in [0.15, 0.2) is 49.1 Å². The van der Waals surface area contributed by atoms with Crippen LogP contribution in [0.5, 0.6) is 5.75 Å². The Balaban J connectivity index is 1.79.